The van der Waals surface area contributed by atoms with Crippen LogP contribution in [-0.4, -0.2) is 17.6 Å². The number of carboxylic acid groups (broad SMARTS) is 1. The van der Waals surface area contributed by atoms with E-state index in [2.05, 4.69) is 5.32 Å². The molecule has 0 spiro atoms. The molecule has 0 bridgehead atoms. The zero-order chi connectivity index (χ0) is 9.26. The molecule has 0 unspecified atom stereocenters. The Hall–Kier alpha value is -1.35. The van der Waals surface area contributed by atoms with Crippen LogP contribution in [0, 0.1) is 0 Å². The standard InChI is InChI=1S/C10H11NO2/c12-10(13)8-4-2-1-3-7(8)9-5-6-11-9/h1-4,9,11H,5-6H2,(H,12,13)/t9-/m1/s1. The van der Waals surface area contributed by atoms with Crippen molar-refractivity contribution in [3.05, 3.63) is 35.4 Å². The zero-order valence-electron chi connectivity index (χ0n) is 7.16. The summed E-state index contributed by atoms with van der Waals surface area (Å²) in [6.45, 7) is 0.985. The third-order valence-corrected chi connectivity index (χ3v) is 2.39. The lowest BCUT2D eigenvalue weighted by Crippen LogP contribution is -2.35. The van der Waals surface area contributed by atoms with Gasteiger partial charge in [0.1, 0.15) is 0 Å². The predicted octanol–water partition coefficient (Wildman–Crippen LogP) is 1.42. The van der Waals surface area contributed by atoms with Crippen LogP contribution in [0.25, 0.3) is 0 Å². The molecule has 1 fully saturated rings. The molecule has 1 aromatic rings. The summed E-state index contributed by atoms with van der Waals surface area (Å²) in [7, 11) is 0. The predicted molar refractivity (Wildman–Crippen MR) is 48.8 cm³/mol. The SMILES string of the molecule is O=C(O)c1ccccc1[C@H]1CCN1. The van der Waals surface area contributed by atoms with Gasteiger partial charge in [-0.05, 0) is 24.6 Å². The molecule has 2 N–H and O–H groups in total. The van der Waals surface area contributed by atoms with E-state index >= 15 is 0 Å². The Morgan fingerprint density at radius 1 is 1.46 bits per heavy atom. The Morgan fingerprint density at radius 2 is 2.15 bits per heavy atom. The molecule has 3 nitrogen and oxygen atoms in total. The number of hydrogen-bond donors (Lipinski definition) is 2. The van der Waals surface area contributed by atoms with Crippen LogP contribution in [0.1, 0.15) is 28.4 Å². The average Bonchev–Trinajstić information content (AvgIpc) is 2.02. The fourth-order valence-corrected chi connectivity index (χ4v) is 1.55. The summed E-state index contributed by atoms with van der Waals surface area (Å²) in [6, 6.07) is 7.40. The number of carbonyl (C=O) groups is 1. The summed E-state index contributed by atoms with van der Waals surface area (Å²) in [6.07, 6.45) is 1.03. The highest BCUT2D eigenvalue weighted by atomic mass is 16.4. The molecular formula is C10H11NO2. The highest BCUT2D eigenvalue weighted by molar-refractivity contribution is 5.89. The summed E-state index contributed by atoms with van der Waals surface area (Å²) in [4.78, 5) is 10.8. The average molecular weight is 177 g/mol. The largest absolute Gasteiger partial charge is 0.478 e. The maximum absolute atomic E-state index is 10.8. The van der Waals surface area contributed by atoms with Gasteiger partial charge in [-0.2, -0.15) is 0 Å². The summed E-state index contributed by atoms with van der Waals surface area (Å²) >= 11 is 0. The molecule has 1 saturated heterocycles. The van der Waals surface area contributed by atoms with E-state index in [1.165, 1.54) is 0 Å². The number of carboxylic acids is 1. The van der Waals surface area contributed by atoms with Crippen molar-refractivity contribution >= 4 is 5.97 Å². The minimum Gasteiger partial charge on any atom is -0.478 e. The Kier molecular flexibility index (Phi) is 2.02. The Labute approximate surface area is 76.4 Å². The summed E-state index contributed by atoms with van der Waals surface area (Å²) in [5.41, 5.74) is 1.32. The van der Waals surface area contributed by atoms with Gasteiger partial charge in [-0.1, -0.05) is 18.2 Å². The molecule has 68 valence electrons. The first-order valence-corrected chi connectivity index (χ1v) is 4.34. The monoisotopic (exact) mass is 177 g/mol. The van der Waals surface area contributed by atoms with Gasteiger partial charge >= 0.3 is 5.97 Å². The molecule has 1 aromatic carbocycles. The second-order valence-electron chi connectivity index (χ2n) is 3.19. The lowest BCUT2D eigenvalue weighted by Gasteiger charge is -2.28. The van der Waals surface area contributed by atoms with Crippen molar-refractivity contribution in [1.82, 2.24) is 5.32 Å². The van der Waals surface area contributed by atoms with Crippen LogP contribution >= 0.6 is 0 Å². The highest BCUT2D eigenvalue weighted by Crippen LogP contribution is 2.25. The topological polar surface area (TPSA) is 49.3 Å². The third-order valence-electron chi connectivity index (χ3n) is 2.39. The van der Waals surface area contributed by atoms with Crippen molar-refractivity contribution in [1.29, 1.82) is 0 Å². The first kappa shape index (κ1) is 8.26. The fourth-order valence-electron chi connectivity index (χ4n) is 1.55. The zero-order valence-corrected chi connectivity index (χ0v) is 7.16. The summed E-state index contributed by atoms with van der Waals surface area (Å²) < 4.78 is 0. The molecule has 0 amide bonds. The van der Waals surface area contributed by atoms with Gasteiger partial charge in [0, 0.05) is 6.04 Å². The van der Waals surface area contributed by atoms with Crippen molar-refractivity contribution in [3.8, 4) is 0 Å². The van der Waals surface area contributed by atoms with Crippen LogP contribution in [-0.2, 0) is 0 Å². The molecule has 13 heavy (non-hydrogen) atoms. The quantitative estimate of drug-likeness (QED) is 0.718. The van der Waals surface area contributed by atoms with Gasteiger partial charge in [0.2, 0.25) is 0 Å². The van der Waals surface area contributed by atoms with Gasteiger partial charge in [-0.15, -0.1) is 0 Å². The van der Waals surface area contributed by atoms with Crippen molar-refractivity contribution in [2.24, 2.45) is 0 Å². The van der Waals surface area contributed by atoms with Gasteiger partial charge in [0.15, 0.2) is 0 Å². The number of nitrogens with one attached hydrogen (secondary N) is 1. The molecule has 3 heteroatoms. The Bertz CT molecular complexity index is 331. The molecule has 1 atom stereocenters. The van der Waals surface area contributed by atoms with Crippen LogP contribution in [0.3, 0.4) is 0 Å². The van der Waals surface area contributed by atoms with Gasteiger partial charge in [-0.3, -0.25) is 0 Å². The highest BCUT2D eigenvalue weighted by Gasteiger charge is 2.22. The van der Waals surface area contributed by atoms with E-state index in [0.29, 0.717) is 5.56 Å². The number of hydrogen-bond acceptors (Lipinski definition) is 2. The Balaban J connectivity index is 2.36. The lowest BCUT2D eigenvalue weighted by molar-refractivity contribution is 0.0694. The molecule has 0 aliphatic carbocycles. The van der Waals surface area contributed by atoms with Crippen molar-refractivity contribution in [3.63, 3.8) is 0 Å². The van der Waals surface area contributed by atoms with Crippen LogP contribution in [0.2, 0.25) is 0 Å². The molecular weight excluding hydrogens is 166 g/mol. The maximum atomic E-state index is 10.8. The molecule has 1 heterocycles. The molecule has 1 aliphatic heterocycles. The van der Waals surface area contributed by atoms with Crippen molar-refractivity contribution in [2.45, 2.75) is 12.5 Å². The molecule has 0 aromatic heterocycles. The number of aromatic carboxylic acids is 1. The van der Waals surface area contributed by atoms with Crippen LogP contribution < -0.4 is 5.32 Å². The van der Waals surface area contributed by atoms with Crippen molar-refractivity contribution < 1.29 is 9.90 Å². The van der Waals surface area contributed by atoms with Crippen LogP contribution in [0.5, 0.6) is 0 Å². The van der Waals surface area contributed by atoms with Gasteiger partial charge in [0.25, 0.3) is 0 Å². The maximum Gasteiger partial charge on any atom is 0.336 e. The van der Waals surface area contributed by atoms with E-state index in [-0.39, 0.29) is 6.04 Å². The molecule has 0 saturated carbocycles. The van der Waals surface area contributed by atoms with Gasteiger partial charge in [-0.25, -0.2) is 4.79 Å². The minimum absolute atomic E-state index is 0.243. The van der Waals surface area contributed by atoms with Crippen molar-refractivity contribution in [2.75, 3.05) is 6.54 Å². The van der Waals surface area contributed by atoms with Gasteiger partial charge in [0.05, 0.1) is 5.56 Å². The normalized spacial score (nSPS) is 20.8. The molecule has 0 radical (unpaired) electrons. The van der Waals surface area contributed by atoms with Crippen LogP contribution in [0.4, 0.5) is 0 Å². The Morgan fingerprint density at radius 3 is 2.69 bits per heavy atom. The number of benzene rings is 1. The van der Waals surface area contributed by atoms with E-state index < -0.39 is 5.97 Å². The third kappa shape index (κ3) is 1.42. The minimum atomic E-state index is -0.843. The second kappa shape index (κ2) is 3.18. The second-order valence-corrected chi connectivity index (χ2v) is 3.19. The van der Waals surface area contributed by atoms with Gasteiger partial charge < -0.3 is 10.4 Å². The first-order chi connectivity index (χ1) is 6.29. The van der Waals surface area contributed by atoms with E-state index in [4.69, 9.17) is 5.11 Å². The van der Waals surface area contributed by atoms with E-state index in [1.807, 2.05) is 12.1 Å². The molecule has 2 rings (SSSR count). The lowest BCUT2D eigenvalue weighted by atomic mass is 9.94. The molecule has 1 aliphatic rings. The van der Waals surface area contributed by atoms with E-state index in [0.717, 1.165) is 18.5 Å². The van der Waals surface area contributed by atoms with E-state index in [9.17, 15) is 4.79 Å². The number of rotatable bonds is 2. The van der Waals surface area contributed by atoms with E-state index in [1.54, 1.807) is 12.1 Å². The first-order valence-electron chi connectivity index (χ1n) is 4.34. The smallest absolute Gasteiger partial charge is 0.336 e. The van der Waals surface area contributed by atoms with Crippen LogP contribution in [0.15, 0.2) is 24.3 Å². The summed E-state index contributed by atoms with van der Waals surface area (Å²) in [5, 5.41) is 12.1. The summed E-state index contributed by atoms with van der Waals surface area (Å²) in [5.74, 6) is -0.843. The fraction of sp³-hybridized carbons (Fsp3) is 0.300.